The van der Waals surface area contributed by atoms with Crippen LogP contribution in [0.2, 0.25) is 0 Å². The number of aryl methyl sites for hydroxylation is 1. The van der Waals surface area contributed by atoms with E-state index in [0.29, 0.717) is 12.0 Å². The molecular weight excluding hydrogens is 210 g/mol. The molecule has 0 amide bonds. The molecule has 0 spiro atoms. The van der Waals surface area contributed by atoms with Crippen molar-refractivity contribution < 1.29 is 14.5 Å². The molecule has 5 nitrogen and oxygen atoms in total. The average molecular weight is 223 g/mol. The Kier molecular flexibility index (Phi) is 3.99. The van der Waals surface area contributed by atoms with Crippen LogP contribution in [0, 0.1) is 17.0 Å². The number of nitro groups is 1. The van der Waals surface area contributed by atoms with Crippen molar-refractivity contribution in [3.05, 3.63) is 39.4 Å². The van der Waals surface area contributed by atoms with Crippen LogP contribution in [-0.4, -0.2) is 18.0 Å². The Bertz CT molecular complexity index is 414. The minimum Gasteiger partial charge on any atom is -0.469 e. The van der Waals surface area contributed by atoms with E-state index >= 15 is 0 Å². The van der Waals surface area contributed by atoms with Crippen LogP contribution in [0.15, 0.2) is 18.2 Å². The molecule has 0 saturated heterocycles. The van der Waals surface area contributed by atoms with Gasteiger partial charge in [0.25, 0.3) is 5.69 Å². The zero-order valence-corrected chi connectivity index (χ0v) is 9.23. The summed E-state index contributed by atoms with van der Waals surface area (Å²) in [5.74, 6) is -0.314. The summed E-state index contributed by atoms with van der Waals surface area (Å²) >= 11 is 0. The molecule has 1 aromatic carbocycles. The Hall–Kier alpha value is -1.91. The van der Waals surface area contributed by atoms with Crippen LogP contribution in [0.3, 0.4) is 0 Å². The van der Waals surface area contributed by atoms with Gasteiger partial charge < -0.3 is 4.74 Å². The van der Waals surface area contributed by atoms with E-state index in [0.717, 1.165) is 5.56 Å². The molecular formula is C11H13NO4. The zero-order chi connectivity index (χ0) is 12.1. The number of ether oxygens (including phenoxy) is 1. The Morgan fingerprint density at radius 3 is 2.75 bits per heavy atom. The molecule has 86 valence electrons. The number of carbonyl (C=O) groups is 1. The molecule has 16 heavy (non-hydrogen) atoms. The summed E-state index contributed by atoms with van der Waals surface area (Å²) in [5, 5.41) is 10.7. The fourth-order valence-corrected chi connectivity index (χ4v) is 1.48. The molecule has 1 rings (SSSR count). The minimum absolute atomic E-state index is 0.0855. The predicted octanol–water partition coefficient (Wildman–Crippen LogP) is 2.01. The molecule has 0 radical (unpaired) electrons. The molecule has 0 aliphatic carbocycles. The summed E-state index contributed by atoms with van der Waals surface area (Å²) in [7, 11) is 1.32. The van der Waals surface area contributed by atoms with E-state index in [-0.39, 0.29) is 18.1 Å². The number of carbonyl (C=O) groups excluding carboxylic acids is 1. The number of hydrogen-bond acceptors (Lipinski definition) is 4. The van der Waals surface area contributed by atoms with E-state index in [2.05, 4.69) is 4.74 Å². The van der Waals surface area contributed by atoms with Crippen molar-refractivity contribution in [3.63, 3.8) is 0 Å². The predicted molar refractivity (Wildman–Crippen MR) is 58.2 cm³/mol. The third-order valence-corrected chi connectivity index (χ3v) is 2.44. The lowest BCUT2D eigenvalue weighted by Crippen LogP contribution is -2.03. The molecule has 0 N–H and O–H groups in total. The maximum atomic E-state index is 11.0. The Morgan fingerprint density at radius 1 is 1.50 bits per heavy atom. The van der Waals surface area contributed by atoms with E-state index in [1.807, 2.05) is 0 Å². The topological polar surface area (TPSA) is 69.4 Å². The van der Waals surface area contributed by atoms with Crippen molar-refractivity contribution >= 4 is 11.7 Å². The largest absolute Gasteiger partial charge is 0.469 e. The van der Waals surface area contributed by atoms with Gasteiger partial charge in [0.1, 0.15) is 0 Å². The van der Waals surface area contributed by atoms with Crippen LogP contribution in [0.1, 0.15) is 17.5 Å². The maximum Gasteiger partial charge on any atom is 0.305 e. The van der Waals surface area contributed by atoms with Gasteiger partial charge in [0.15, 0.2) is 0 Å². The maximum absolute atomic E-state index is 11.0. The van der Waals surface area contributed by atoms with Crippen LogP contribution >= 0.6 is 0 Å². The van der Waals surface area contributed by atoms with Crippen LogP contribution in [0.4, 0.5) is 5.69 Å². The van der Waals surface area contributed by atoms with Gasteiger partial charge in [0.05, 0.1) is 12.0 Å². The third-order valence-electron chi connectivity index (χ3n) is 2.44. The second-order valence-corrected chi connectivity index (χ2v) is 3.39. The molecule has 5 heteroatoms. The highest BCUT2D eigenvalue weighted by Gasteiger charge is 2.13. The fraction of sp³-hybridized carbons (Fsp3) is 0.364. The summed E-state index contributed by atoms with van der Waals surface area (Å²) in [5.41, 5.74) is 1.50. The van der Waals surface area contributed by atoms with Gasteiger partial charge in [-0.25, -0.2) is 0 Å². The standard InChI is InChI=1S/C11H13NO4/c1-8-9(6-7-11(13)16-2)4-3-5-10(8)12(14)15/h3-5H,6-7H2,1-2H3. The van der Waals surface area contributed by atoms with E-state index < -0.39 is 4.92 Å². The van der Waals surface area contributed by atoms with Crippen molar-refractivity contribution in [1.29, 1.82) is 0 Å². The number of nitrogens with zero attached hydrogens (tertiary/aromatic N) is 1. The molecule has 0 aliphatic heterocycles. The van der Waals surface area contributed by atoms with E-state index in [1.54, 1.807) is 19.1 Å². The van der Waals surface area contributed by atoms with Crippen molar-refractivity contribution in [2.75, 3.05) is 7.11 Å². The molecule has 0 atom stereocenters. The van der Waals surface area contributed by atoms with Gasteiger partial charge in [-0.3, -0.25) is 14.9 Å². The van der Waals surface area contributed by atoms with Gasteiger partial charge in [-0.1, -0.05) is 12.1 Å². The number of benzene rings is 1. The number of esters is 1. The summed E-state index contributed by atoms with van der Waals surface area (Å²) in [6.07, 6.45) is 0.693. The molecule has 0 unspecified atom stereocenters. The lowest BCUT2D eigenvalue weighted by molar-refractivity contribution is -0.385. The van der Waals surface area contributed by atoms with Crippen molar-refractivity contribution in [2.45, 2.75) is 19.8 Å². The first kappa shape index (κ1) is 12.2. The van der Waals surface area contributed by atoms with Crippen molar-refractivity contribution in [2.24, 2.45) is 0 Å². The number of rotatable bonds is 4. The minimum atomic E-state index is -0.420. The average Bonchev–Trinajstić information content (AvgIpc) is 2.26. The van der Waals surface area contributed by atoms with Crippen LogP contribution in [0.25, 0.3) is 0 Å². The van der Waals surface area contributed by atoms with E-state index in [4.69, 9.17) is 0 Å². The van der Waals surface area contributed by atoms with Gasteiger partial charge in [0.2, 0.25) is 0 Å². The number of nitro benzene ring substituents is 1. The Balaban J connectivity index is 2.85. The smallest absolute Gasteiger partial charge is 0.305 e. The number of hydrogen-bond donors (Lipinski definition) is 0. The second kappa shape index (κ2) is 5.25. The van der Waals surface area contributed by atoms with E-state index in [9.17, 15) is 14.9 Å². The highest BCUT2D eigenvalue weighted by molar-refractivity contribution is 5.69. The molecule has 0 saturated carbocycles. The normalized spacial score (nSPS) is 9.88. The van der Waals surface area contributed by atoms with Crippen LogP contribution in [-0.2, 0) is 16.0 Å². The molecule has 0 aliphatic rings. The van der Waals surface area contributed by atoms with Crippen molar-refractivity contribution in [3.8, 4) is 0 Å². The monoisotopic (exact) mass is 223 g/mol. The van der Waals surface area contributed by atoms with Gasteiger partial charge in [-0.2, -0.15) is 0 Å². The van der Waals surface area contributed by atoms with Gasteiger partial charge in [-0.05, 0) is 18.9 Å². The highest BCUT2D eigenvalue weighted by atomic mass is 16.6. The summed E-state index contributed by atoms with van der Waals surface area (Å²) in [6.45, 7) is 1.69. The summed E-state index contributed by atoms with van der Waals surface area (Å²) in [4.78, 5) is 21.2. The van der Waals surface area contributed by atoms with Gasteiger partial charge in [-0.15, -0.1) is 0 Å². The number of methoxy groups -OCH3 is 1. The van der Waals surface area contributed by atoms with Crippen LogP contribution < -0.4 is 0 Å². The molecule has 1 aromatic rings. The van der Waals surface area contributed by atoms with Gasteiger partial charge >= 0.3 is 5.97 Å². The first-order chi connectivity index (χ1) is 7.56. The first-order valence-corrected chi connectivity index (χ1v) is 4.86. The third kappa shape index (κ3) is 2.79. The SMILES string of the molecule is COC(=O)CCc1cccc([N+](=O)[O-])c1C. The highest BCUT2D eigenvalue weighted by Crippen LogP contribution is 2.21. The Morgan fingerprint density at radius 2 is 2.19 bits per heavy atom. The summed E-state index contributed by atoms with van der Waals surface area (Å²) in [6, 6.07) is 4.86. The first-order valence-electron chi connectivity index (χ1n) is 4.86. The van der Waals surface area contributed by atoms with Gasteiger partial charge in [0, 0.05) is 18.1 Å². The zero-order valence-electron chi connectivity index (χ0n) is 9.23. The molecule has 0 bridgehead atoms. The van der Waals surface area contributed by atoms with Crippen molar-refractivity contribution in [1.82, 2.24) is 0 Å². The lowest BCUT2D eigenvalue weighted by Gasteiger charge is -2.05. The quantitative estimate of drug-likeness (QED) is 0.444. The fourth-order valence-electron chi connectivity index (χ4n) is 1.48. The lowest BCUT2D eigenvalue weighted by atomic mass is 10.0. The van der Waals surface area contributed by atoms with E-state index in [1.165, 1.54) is 13.2 Å². The molecule has 0 aromatic heterocycles. The second-order valence-electron chi connectivity index (χ2n) is 3.39. The molecule has 0 heterocycles. The molecule has 0 fully saturated rings. The van der Waals surface area contributed by atoms with Crippen LogP contribution in [0.5, 0.6) is 0 Å². The summed E-state index contributed by atoms with van der Waals surface area (Å²) < 4.78 is 4.52. The Labute approximate surface area is 93.2 Å².